The van der Waals surface area contributed by atoms with Crippen LogP contribution in [0.2, 0.25) is 0 Å². The summed E-state index contributed by atoms with van der Waals surface area (Å²) in [6.07, 6.45) is 1.31. The molecule has 11 heteroatoms. The zero-order valence-corrected chi connectivity index (χ0v) is 20.2. The zero-order chi connectivity index (χ0) is 23.1. The van der Waals surface area contributed by atoms with Gasteiger partial charge in [-0.25, -0.2) is 4.39 Å². The zero-order valence-electron chi connectivity index (χ0n) is 18.5. The molecule has 1 amide bonds. The number of hydrogen-bond acceptors (Lipinski definition) is 8. The fourth-order valence-electron chi connectivity index (χ4n) is 2.93. The van der Waals surface area contributed by atoms with Crippen molar-refractivity contribution in [3.8, 4) is 5.75 Å². The molecule has 0 saturated carbocycles. The Morgan fingerprint density at radius 3 is 2.72 bits per heavy atom. The number of benzene rings is 1. The highest BCUT2D eigenvalue weighted by atomic mass is 32.2. The Morgan fingerprint density at radius 1 is 1.22 bits per heavy atom. The summed E-state index contributed by atoms with van der Waals surface area (Å²) in [5.41, 5.74) is 0. The van der Waals surface area contributed by atoms with E-state index in [4.69, 9.17) is 4.74 Å². The van der Waals surface area contributed by atoms with Crippen LogP contribution in [0.25, 0.3) is 0 Å². The van der Waals surface area contributed by atoms with Crippen LogP contribution in [0.1, 0.15) is 51.1 Å². The number of aryl methyl sites for hydroxylation is 1. The number of thioether (sulfide) groups is 1. The van der Waals surface area contributed by atoms with Gasteiger partial charge in [0, 0.05) is 13.0 Å². The van der Waals surface area contributed by atoms with Crippen LogP contribution < -0.4 is 10.1 Å². The molecule has 0 radical (unpaired) electrons. The van der Waals surface area contributed by atoms with Gasteiger partial charge in [-0.05, 0) is 31.4 Å². The maximum atomic E-state index is 14.0. The molecule has 172 valence electrons. The summed E-state index contributed by atoms with van der Waals surface area (Å²) in [5, 5.41) is 21.4. The number of nitrogens with one attached hydrogen (secondary N) is 1. The van der Waals surface area contributed by atoms with Gasteiger partial charge >= 0.3 is 0 Å². The summed E-state index contributed by atoms with van der Waals surface area (Å²) in [5.74, 6) is 0.591. The fraction of sp³-hybridized carbons (Fsp3) is 0.476. The van der Waals surface area contributed by atoms with Crippen LogP contribution >= 0.6 is 23.1 Å². The monoisotopic (exact) mass is 478 g/mol. The van der Waals surface area contributed by atoms with E-state index in [1.807, 2.05) is 4.57 Å². The van der Waals surface area contributed by atoms with Crippen molar-refractivity contribution in [2.45, 2.75) is 58.3 Å². The average Bonchev–Trinajstić information content (AvgIpc) is 3.35. The van der Waals surface area contributed by atoms with Crippen molar-refractivity contribution in [3.63, 3.8) is 0 Å². The quantitative estimate of drug-likeness (QED) is 0.398. The third-order valence-electron chi connectivity index (χ3n) is 4.31. The van der Waals surface area contributed by atoms with E-state index >= 15 is 0 Å². The first-order valence-electron chi connectivity index (χ1n) is 10.5. The third-order valence-corrected chi connectivity index (χ3v) is 6.17. The molecule has 3 aromatic rings. The molecule has 1 N–H and O–H groups in total. The lowest BCUT2D eigenvalue weighted by molar-refractivity contribution is -0.113. The number of ether oxygens (including phenoxy) is 1. The summed E-state index contributed by atoms with van der Waals surface area (Å²) >= 11 is 2.67. The minimum atomic E-state index is -0.514. The number of amides is 1. The van der Waals surface area contributed by atoms with E-state index in [1.165, 1.54) is 29.2 Å². The molecule has 3 rings (SSSR count). The van der Waals surface area contributed by atoms with E-state index in [2.05, 4.69) is 46.5 Å². The number of anilines is 1. The predicted octanol–water partition coefficient (Wildman–Crippen LogP) is 4.75. The molecule has 0 bridgehead atoms. The average molecular weight is 479 g/mol. The first-order valence-corrected chi connectivity index (χ1v) is 12.3. The van der Waals surface area contributed by atoms with Crippen molar-refractivity contribution in [3.05, 3.63) is 40.9 Å². The largest absolute Gasteiger partial charge is 0.480 e. The minimum Gasteiger partial charge on any atom is -0.480 e. The van der Waals surface area contributed by atoms with E-state index in [-0.39, 0.29) is 17.4 Å². The van der Waals surface area contributed by atoms with Crippen LogP contribution in [0.4, 0.5) is 9.52 Å². The normalized spacial score (nSPS) is 12.2. The topological polar surface area (TPSA) is 94.8 Å². The van der Waals surface area contributed by atoms with Crippen LogP contribution in [-0.4, -0.2) is 36.6 Å². The maximum Gasteiger partial charge on any atom is 0.236 e. The number of halogens is 1. The van der Waals surface area contributed by atoms with Crippen molar-refractivity contribution in [2.75, 3.05) is 11.1 Å². The first-order chi connectivity index (χ1) is 15.4. The van der Waals surface area contributed by atoms with Gasteiger partial charge in [-0.1, -0.05) is 56.0 Å². The van der Waals surface area contributed by atoms with Crippen molar-refractivity contribution < 1.29 is 13.9 Å². The molecule has 0 aliphatic carbocycles. The Bertz CT molecular complexity index is 1040. The number of carbonyl (C=O) groups is 1. The second kappa shape index (κ2) is 11.4. The molecule has 0 spiro atoms. The molecule has 1 unspecified atom stereocenters. The Hall–Kier alpha value is -2.53. The molecule has 1 atom stereocenters. The highest BCUT2D eigenvalue weighted by molar-refractivity contribution is 7.99. The molecule has 0 saturated heterocycles. The van der Waals surface area contributed by atoms with E-state index in [0.717, 1.165) is 17.8 Å². The van der Waals surface area contributed by atoms with Crippen molar-refractivity contribution >= 4 is 34.1 Å². The van der Waals surface area contributed by atoms with Crippen LogP contribution in [0, 0.1) is 11.7 Å². The van der Waals surface area contributed by atoms with Gasteiger partial charge in [-0.15, -0.1) is 20.4 Å². The molecule has 0 aliphatic rings. The SMILES string of the molecule is CCCc1nnc(NC(=O)CSc2nnc(C(C)Oc3ccccc3F)n2CC(C)C)s1. The van der Waals surface area contributed by atoms with Gasteiger partial charge < -0.3 is 9.30 Å². The van der Waals surface area contributed by atoms with E-state index in [9.17, 15) is 9.18 Å². The number of aromatic nitrogens is 5. The number of hydrogen-bond donors (Lipinski definition) is 1. The van der Waals surface area contributed by atoms with Gasteiger partial charge in [0.2, 0.25) is 11.0 Å². The van der Waals surface area contributed by atoms with Crippen molar-refractivity contribution in [1.29, 1.82) is 0 Å². The number of rotatable bonds is 11. The Balaban J connectivity index is 1.67. The van der Waals surface area contributed by atoms with E-state index in [1.54, 1.807) is 25.1 Å². The Kier molecular flexibility index (Phi) is 8.57. The standard InChI is InChI=1S/C21H27FN6O2S2/c1-5-8-18-24-26-20(32-18)23-17(29)12-31-21-27-25-19(28(21)11-13(2)3)14(4)30-16-10-7-6-9-15(16)22/h6-7,9-10,13-14H,5,8,11-12H2,1-4H3,(H,23,26,29). The lowest BCUT2D eigenvalue weighted by Gasteiger charge is -2.18. The summed E-state index contributed by atoms with van der Waals surface area (Å²) < 4.78 is 21.7. The summed E-state index contributed by atoms with van der Waals surface area (Å²) in [4.78, 5) is 12.4. The van der Waals surface area contributed by atoms with Crippen LogP contribution in [0.15, 0.2) is 29.4 Å². The summed E-state index contributed by atoms with van der Waals surface area (Å²) in [6.45, 7) is 8.68. The lowest BCUT2D eigenvalue weighted by atomic mass is 10.2. The number of para-hydroxylation sites is 1. The lowest BCUT2D eigenvalue weighted by Crippen LogP contribution is -2.17. The highest BCUT2D eigenvalue weighted by Gasteiger charge is 2.22. The Morgan fingerprint density at radius 2 is 2.00 bits per heavy atom. The second-order valence-corrected chi connectivity index (χ2v) is 9.63. The molecule has 0 fully saturated rings. The van der Waals surface area contributed by atoms with Gasteiger partial charge in [0.25, 0.3) is 0 Å². The van der Waals surface area contributed by atoms with Gasteiger partial charge in [-0.2, -0.15) is 0 Å². The molecule has 0 aliphatic heterocycles. The van der Waals surface area contributed by atoms with E-state index < -0.39 is 11.9 Å². The van der Waals surface area contributed by atoms with Crippen LogP contribution in [0.3, 0.4) is 0 Å². The third kappa shape index (κ3) is 6.49. The molecular weight excluding hydrogens is 451 g/mol. The smallest absolute Gasteiger partial charge is 0.236 e. The van der Waals surface area contributed by atoms with Crippen LogP contribution in [0.5, 0.6) is 5.75 Å². The highest BCUT2D eigenvalue weighted by Crippen LogP contribution is 2.27. The number of carbonyl (C=O) groups excluding carboxylic acids is 1. The fourth-order valence-corrected chi connectivity index (χ4v) is 4.54. The number of nitrogens with zero attached hydrogens (tertiary/aromatic N) is 5. The van der Waals surface area contributed by atoms with Gasteiger partial charge in [-0.3, -0.25) is 10.1 Å². The minimum absolute atomic E-state index is 0.154. The molecule has 1 aromatic carbocycles. The Labute approximate surface area is 195 Å². The first kappa shape index (κ1) is 24.1. The molecule has 8 nitrogen and oxygen atoms in total. The van der Waals surface area contributed by atoms with Crippen molar-refractivity contribution in [2.24, 2.45) is 5.92 Å². The van der Waals surface area contributed by atoms with E-state index in [0.29, 0.717) is 28.6 Å². The second-order valence-electron chi connectivity index (χ2n) is 7.62. The summed E-state index contributed by atoms with van der Waals surface area (Å²) in [6, 6.07) is 6.26. The van der Waals surface area contributed by atoms with Gasteiger partial charge in [0.15, 0.2) is 28.7 Å². The maximum absolute atomic E-state index is 14.0. The summed E-state index contributed by atoms with van der Waals surface area (Å²) in [7, 11) is 0. The van der Waals surface area contributed by atoms with Gasteiger partial charge in [0.05, 0.1) is 5.75 Å². The van der Waals surface area contributed by atoms with Crippen LogP contribution in [-0.2, 0) is 17.8 Å². The molecule has 32 heavy (non-hydrogen) atoms. The van der Waals surface area contributed by atoms with Crippen molar-refractivity contribution in [1.82, 2.24) is 25.0 Å². The predicted molar refractivity (Wildman–Crippen MR) is 124 cm³/mol. The van der Waals surface area contributed by atoms with Gasteiger partial charge in [0.1, 0.15) is 5.01 Å². The molecule has 2 heterocycles. The molecular formula is C21H27FN6O2S2. The molecule has 2 aromatic heterocycles.